The molecule has 0 atom stereocenters. The van der Waals surface area contributed by atoms with E-state index in [9.17, 15) is 4.79 Å². The minimum absolute atomic E-state index is 0.0840. The van der Waals surface area contributed by atoms with E-state index in [1.165, 1.54) is 0 Å². The highest BCUT2D eigenvalue weighted by molar-refractivity contribution is 6.01. The molecule has 5 rings (SSSR count). The number of carbonyl (C=O) groups is 1. The minimum atomic E-state index is 0.0840. The van der Waals surface area contributed by atoms with Crippen molar-refractivity contribution in [1.29, 1.82) is 0 Å². The van der Waals surface area contributed by atoms with Crippen molar-refractivity contribution in [3.05, 3.63) is 53.2 Å². The molecule has 5 heteroatoms. The van der Waals surface area contributed by atoms with E-state index in [1.54, 1.807) is 4.90 Å². The number of rotatable bonds is 1. The second-order valence-electron chi connectivity index (χ2n) is 6.57. The number of aryl methyl sites for hydroxylation is 1. The van der Waals surface area contributed by atoms with E-state index in [2.05, 4.69) is 17.1 Å². The summed E-state index contributed by atoms with van der Waals surface area (Å²) in [5.74, 6) is 1.56. The molecule has 0 bridgehead atoms. The number of nitrogens with zero attached hydrogens (tertiary/aromatic N) is 2. The molecule has 0 spiro atoms. The van der Waals surface area contributed by atoms with E-state index in [1.807, 2.05) is 38.2 Å². The molecule has 1 aromatic heterocycles. The quantitative estimate of drug-likeness (QED) is 0.684. The molecule has 2 aliphatic rings. The first-order chi connectivity index (χ1) is 12.1. The number of fused-ring (bicyclic) bond motifs is 3. The van der Waals surface area contributed by atoms with E-state index in [-0.39, 0.29) is 12.7 Å². The number of carbonyl (C=O) groups excluding carboxylic acids is 1. The summed E-state index contributed by atoms with van der Waals surface area (Å²) in [5.41, 5.74) is 5.84. The number of hydrogen-bond donors (Lipinski definition) is 0. The second-order valence-corrected chi connectivity index (χ2v) is 6.57. The van der Waals surface area contributed by atoms with Gasteiger partial charge in [-0.25, -0.2) is 0 Å². The molecular weight excluding hydrogens is 316 g/mol. The van der Waals surface area contributed by atoms with Crippen molar-refractivity contribution in [3.8, 4) is 22.6 Å². The number of aromatic nitrogens is 1. The third-order valence-corrected chi connectivity index (χ3v) is 4.83. The van der Waals surface area contributed by atoms with E-state index < -0.39 is 0 Å². The van der Waals surface area contributed by atoms with Gasteiger partial charge in [-0.15, -0.1) is 0 Å². The van der Waals surface area contributed by atoms with Crippen LogP contribution in [0.2, 0.25) is 0 Å². The van der Waals surface area contributed by atoms with Crippen molar-refractivity contribution in [3.63, 3.8) is 0 Å². The first kappa shape index (κ1) is 14.3. The molecule has 0 saturated heterocycles. The summed E-state index contributed by atoms with van der Waals surface area (Å²) in [6.45, 7) is 2.88. The van der Waals surface area contributed by atoms with E-state index in [4.69, 9.17) is 9.47 Å². The van der Waals surface area contributed by atoms with Gasteiger partial charge in [-0.1, -0.05) is 6.07 Å². The fraction of sp³-hybridized carbons (Fsp3) is 0.200. The molecule has 3 heterocycles. The fourth-order valence-corrected chi connectivity index (χ4v) is 3.62. The molecule has 25 heavy (non-hydrogen) atoms. The maximum absolute atomic E-state index is 12.1. The molecule has 2 aliphatic heterocycles. The van der Waals surface area contributed by atoms with Crippen LogP contribution in [0.4, 0.5) is 0 Å². The van der Waals surface area contributed by atoms with Crippen LogP contribution in [0.25, 0.3) is 22.0 Å². The van der Waals surface area contributed by atoms with E-state index in [0.717, 1.165) is 50.3 Å². The molecule has 1 amide bonds. The van der Waals surface area contributed by atoms with Gasteiger partial charge < -0.3 is 14.4 Å². The highest BCUT2D eigenvalue weighted by Crippen LogP contribution is 2.40. The van der Waals surface area contributed by atoms with Crippen LogP contribution in [0, 0.1) is 6.92 Å². The summed E-state index contributed by atoms with van der Waals surface area (Å²) in [6, 6.07) is 12.0. The Balaban J connectivity index is 1.73. The smallest absolute Gasteiger partial charge is 0.254 e. The van der Waals surface area contributed by atoms with Crippen molar-refractivity contribution in [2.45, 2.75) is 13.5 Å². The Morgan fingerprint density at radius 3 is 2.68 bits per heavy atom. The van der Waals surface area contributed by atoms with Crippen LogP contribution in [0.15, 0.2) is 36.4 Å². The minimum Gasteiger partial charge on any atom is -0.454 e. The standard InChI is InChI=1S/C20H16N2O3/c1-11-5-15(12-3-4-14-13(6-12)9-22(2)20(14)23)16-7-18-19(25-10-24-18)8-17(16)21-11/h3-8H,9-10H2,1-2H3. The molecule has 0 N–H and O–H groups in total. The largest absolute Gasteiger partial charge is 0.454 e. The van der Waals surface area contributed by atoms with Crippen LogP contribution in [0.1, 0.15) is 21.6 Å². The lowest BCUT2D eigenvalue weighted by molar-refractivity contribution is 0.0816. The third kappa shape index (κ3) is 2.09. The summed E-state index contributed by atoms with van der Waals surface area (Å²) in [4.78, 5) is 18.5. The van der Waals surface area contributed by atoms with Crippen LogP contribution in [0.5, 0.6) is 11.5 Å². The highest BCUT2D eigenvalue weighted by atomic mass is 16.7. The van der Waals surface area contributed by atoms with Gasteiger partial charge >= 0.3 is 0 Å². The van der Waals surface area contributed by atoms with E-state index in [0.29, 0.717) is 6.54 Å². The zero-order valence-corrected chi connectivity index (χ0v) is 14.0. The Morgan fingerprint density at radius 2 is 1.84 bits per heavy atom. The van der Waals surface area contributed by atoms with Crippen molar-refractivity contribution in [2.75, 3.05) is 13.8 Å². The average Bonchev–Trinajstić information content (AvgIpc) is 3.16. The molecule has 0 unspecified atom stereocenters. The summed E-state index contributed by atoms with van der Waals surface area (Å²) in [6.07, 6.45) is 0. The fourth-order valence-electron chi connectivity index (χ4n) is 3.62. The SMILES string of the molecule is Cc1cc(-c2ccc3c(c2)CN(C)C3=O)c2cc3c(cc2n1)OCO3. The number of benzene rings is 2. The van der Waals surface area contributed by atoms with Gasteiger partial charge in [-0.05, 0) is 47.9 Å². The summed E-state index contributed by atoms with van der Waals surface area (Å²) in [7, 11) is 1.83. The van der Waals surface area contributed by atoms with Crippen molar-refractivity contribution >= 4 is 16.8 Å². The van der Waals surface area contributed by atoms with E-state index >= 15 is 0 Å². The van der Waals surface area contributed by atoms with Crippen molar-refractivity contribution < 1.29 is 14.3 Å². The van der Waals surface area contributed by atoms with Gasteiger partial charge in [-0.2, -0.15) is 0 Å². The predicted molar refractivity (Wildman–Crippen MR) is 93.8 cm³/mol. The lowest BCUT2D eigenvalue weighted by atomic mass is 9.96. The van der Waals surface area contributed by atoms with Crippen LogP contribution >= 0.6 is 0 Å². The molecule has 0 saturated carbocycles. The monoisotopic (exact) mass is 332 g/mol. The number of pyridine rings is 1. The zero-order valence-electron chi connectivity index (χ0n) is 14.0. The molecule has 2 aromatic carbocycles. The van der Waals surface area contributed by atoms with Crippen LogP contribution in [-0.4, -0.2) is 29.6 Å². The third-order valence-electron chi connectivity index (χ3n) is 4.83. The molecular formula is C20H16N2O3. The molecule has 124 valence electrons. The summed E-state index contributed by atoms with van der Waals surface area (Å²) >= 11 is 0. The van der Waals surface area contributed by atoms with Gasteiger partial charge in [0.1, 0.15) is 0 Å². The Bertz CT molecular complexity index is 1060. The Morgan fingerprint density at radius 1 is 1.04 bits per heavy atom. The lowest BCUT2D eigenvalue weighted by Gasteiger charge is -2.10. The number of ether oxygens (including phenoxy) is 2. The topological polar surface area (TPSA) is 51.7 Å². The summed E-state index contributed by atoms with van der Waals surface area (Å²) < 4.78 is 11.0. The van der Waals surface area contributed by atoms with Gasteiger partial charge in [0.25, 0.3) is 5.91 Å². The van der Waals surface area contributed by atoms with Gasteiger partial charge in [0.15, 0.2) is 11.5 Å². The first-order valence-corrected chi connectivity index (χ1v) is 8.20. The number of hydrogen-bond acceptors (Lipinski definition) is 4. The second kappa shape index (κ2) is 4.96. The van der Waals surface area contributed by atoms with Gasteiger partial charge in [0.2, 0.25) is 6.79 Å². The van der Waals surface area contributed by atoms with Crippen LogP contribution in [0.3, 0.4) is 0 Å². The zero-order chi connectivity index (χ0) is 17.1. The van der Waals surface area contributed by atoms with Crippen molar-refractivity contribution in [2.24, 2.45) is 0 Å². The average molecular weight is 332 g/mol. The van der Waals surface area contributed by atoms with Gasteiger partial charge in [0, 0.05) is 36.3 Å². The van der Waals surface area contributed by atoms with Gasteiger partial charge in [-0.3, -0.25) is 9.78 Å². The normalized spacial score (nSPS) is 15.1. The maximum Gasteiger partial charge on any atom is 0.254 e. The first-order valence-electron chi connectivity index (χ1n) is 8.20. The number of amides is 1. The molecule has 0 fully saturated rings. The Hall–Kier alpha value is -3.08. The molecule has 5 nitrogen and oxygen atoms in total. The summed E-state index contributed by atoms with van der Waals surface area (Å²) in [5, 5.41) is 1.02. The maximum atomic E-state index is 12.1. The van der Waals surface area contributed by atoms with Crippen molar-refractivity contribution in [1.82, 2.24) is 9.88 Å². The Labute approximate surface area is 144 Å². The molecule has 0 aliphatic carbocycles. The lowest BCUT2D eigenvalue weighted by Crippen LogP contribution is -2.17. The van der Waals surface area contributed by atoms with Crippen LogP contribution in [-0.2, 0) is 6.54 Å². The van der Waals surface area contributed by atoms with Crippen LogP contribution < -0.4 is 9.47 Å². The predicted octanol–water partition coefficient (Wildman–Crippen LogP) is 3.52. The highest BCUT2D eigenvalue weighted by Gasteiger charge is 2.25. The molecule has 3 aromatic rings. The molecule has 0 radical (unpaired) electrons. The Kier molecular flexibility index (Phi) is 2.83. The van der Waals surface area contributed by atoms with Gasteiger partial charge in [0.05, 0.1) is 5.52 Å².